The fraction of sp³-hybridized carbons (Fsp3) is 0.650. The van der Waals surface area contributed by atoms with Gasteiger partial charge in [-0.3, -0.25) is 9.89 Å². The smallest absolute Gasteiger partial charge is 0.191 e. The molecule has 1 saturated heterocycles. The molecule has 26 heavy (non-hydrogen) atoms. The van der Waals surface area contributed by atoms with Gasteiger partial charge in [0.15, 0.2) is 5.96 Å². The molecule has 0 amide bonds. The van der Waals surface area contributed by atoms with Gasteiger partial charge in [0.05, 0.1) is 19.8 Å². The normalized spacial score (nSPS) is 18.4. The van der Waals surface area contributed by atoms with E-state index in [9.17, 15) is 0 Å². The van der Waals surface area contributed by atoms with E-state index in [0.29, 0.717) is 18.5 Å². The van der Waals surface area contributed by atoms with Gasteiger partial charge < -0.3 is 20.1 Å². The molecule has 1 aromatic carbocycles. The topological polar surface area (TPSA) is 58.1 Å². The van der Waals surface area contributed by atoms with E-state index in [-0.39, 0.29) is 6.10 Å². The Hall–Kier alpha value is -1.79. The third kappa shape index (κ3) is 6.84. The summed E-state index contributed by atoms with van der Waals surface area (Å²) in [6, 6.07) is 10.4. The van der Waals surface area contributed by atoms with Crippen LogP contribution in [-0.2, 0) is 4.74 Å². The predicted molar refractivity (Wildman–Crippen MR) is 107 cm³/mol. The Kier molecular flexibility index (Phi) is 8.71. The Bertz CT molecular complexity index is 530. The molecule has 1 aliphatic heterocycles. The number of nitrogens with zero attached hydrogens (tertiary/aromatic N) is 2. The number of guanidine groups is 1. The minimum Gasteiger partial charge on any atom is -0.489 e. The number of ether oxygens (including phenoxy) is 2. The van der Waals surface area contributed by atoms with E-state index >= 15 is 0 Å². The average molecular weight is 363 g/mol. The minimum absolute atomic E-state index is 0.0519. The zero-order valence-corrected chi connectivity index (χ0v) is 16.6. The van der Waals surface area contributed by atoms with Crippen molar-refractivity contribution < 1.29 is 9.47 Å². The first-order valence-corrected chi connectivity index (χ1v) is 9.58. The van der Waals surface area contributed by atoms with Crippen LogP contribution in [0.1, 0.15) is 20.8 Å². The molecule has 0 saturated carbocycles. The lowest BCUT2D eigenvalue weighted by Crippen LogP contribution is -2.53. The fourth-order valence-electron chi connectivity index (χ4n) is 3.13. The van der Waals surface area contributed by atoms with E-state index in [0.717, 1.165) is 44.6 Å². The molecule has 2 rings (SSSR count). The first kappa shape index (κ1) is 20.5. The van der Waals surface area contributed by atoms with Gasteiger partial charge in [-0.25, -0.2) is 0 Å². The van der Waals surface area contributed by atoms with Crippen LogP contribution in [0.2, 0.25) is 0 Å². The Morgan fingerprint density at radius 1 is 1.12 bits per heavy atom. The summed E-state index contributed by atoms with van der Waals surface area (Å²) in [5.41, 5.74) is 0. The Balaban J connectivity index is 1.76. The lowest BCUT2D eigenvalue weighted by atomic mass is 10.0. The highest BCUT2D eigenvalue weighted by molar-refractivity contribution is 5.79. The molecule has 0 aromatic heterocycles. The maximum Gasteiger partial charge on any atom is 0.191 e. The number of nitrogens with one attached hydrogen (secondary N) is 2. The molecule has 6 nitrogen and oxygen atoms in total. The first-order chi connectivity index (χ1) is 12.6. The minimum atomic E-state index is 0.0519. The summed E-state index contributed by atoms with van der Waals surface area (Å²) in [7, 11) is 1.80. The van der Waals surface area contributed by atoms with Gasteiger partial charge in [-0.1, -0.05) is 32.0 Å². The maximum atomic E-state index is 5.90. The lowest BCUT2D eigenvalue weighted by Gasteiger charge is -2.37. The van der Waals surface area contributed by atoms with Crippen molar-refractivity contribution in [2.24, 2.45) is 10.9 Å². The monoisotopic (exact) mass is 362 g/mol. The molecule has 146 valence electrons. The molecule has 0 radical (unpaired) electrons. The van der Waals surface area contributed by atoms with Gasteiger partial charge in [-0.15, -0.1) is 0 Å². The summed E-state index contributed by atoms with van der Waals surface area (Å²) in [5.74, 6) is 2.27. The standard InChI is InChI=1S/C20H34N4O2/c1-16(2)19(24-10-12-25-13-11-24)15-23-20(21-4)22-14-17(3)26-18-8-6-5-7-9-18/h5-9,16-17,19H,10-15H2,1-4H3,(H2,21,22,23). The van der Waals surface area contributed by atoms with E-state index in [1.165, 1.54) is 0 Å². The second-order valence-corrected chi connectivity index (χ2v) is 7.04. The lowest BCUT2D eigenvalue weighted by molar-refractivity contribution is 0.00751. The van der Waals surface area contributed by atoms with Crippen LogP contribution in [0.5, 0.6) is 5.75 Å². The van der Waals surface area contributed by atoms with Crippen molar-refractivity contribution >= 4 is 5.96 Å². The number of rotatable bonds is 8. The largest absolute Gasteiger partial charge is 0.489 e. The third-order valence-electron chi connectivity index (χ3n) is 4.62. The van der Waals surface area contributed by atoms with Crippen molar-refractivity contribution in [3.8, 4) is 5.75 Å². The highest BCUT2D eigenvalue weighted by atomic mass is 16.5. The van der Waals surface area contributed by atoms with Crippen LogP contribution in [0.3, 0.4) is 0 Å². The van der Waals surface area contributed by atoms with Crippen LogP contribution in [0, 0.1) is 5.92 Å². The Morgan fingerprint density at radius 2 is 1.77 bits per heavy atom. The molecule has 1 heterocycles. The van der Waals surface area contributed by atoms with Crippen LogP contribution < -0.4 is 15.4 Å². The van der Waals surface area contributed by atoms with Gasteiger partial charge in [0.2, 0.25) is 0 Å². The molecule has 1 fully saturated rings. The van der Waals surface area contributed by atoms with Gasteiger partial charge >= 0.3 is 0 Å². The van der Waals surface area contributed by atoms with Gasteiger partial charge in [-0.05, 0) is 25.0 Å². The molecule has 2 unspecified atom stereocenters. The first-order valence-electron chi connectivity index (χ1n) is 9.58. The molecule has 2 N–H and O–H groups in total. The fourth-order valence-corrected chi connectivity index (χ4v) is 3.13. The van der Waals surface area contributed by atoms with Crippen molar-refractivity contribution in [3.05, 3.63) is 30.3 Å². The Labute approximate surface area is 158 Å². The van der Waals surface area contributed by atoms with Crippen molar-refractivity contribution in [3.63, 3.8) is 0 Å². The van der Waals surface area contributed by atoms with E-state index in [1.54, 1.807) is 7.05 Å². The number of hydrogen-bond donors (Lipinski definition) is 2. The molecule has 2 atom stereocenters. The summed E-state index contributed by atoms with van der Waals surface area (Å²) >= 11 is 0. The van der Waals surface area contributed by atoms with E-state index in [1.807, 2.05) is 30.3 Å². The van der Waals surface area contributed by atoms with E-state index in [4.69, 9.17) is 9.47 Å². The van der Waals surface area contributed by atoms with Gasteiger partial charge in [0.25, 0.3) is 0 Å². The number of benzene rings is 1. The second kappa shape index (κ2) is 11.0. The quantitative estimate of drug-likeness (QED) is 0.547. The predicted octanol–water partition coefficient (Wildman–Crippen LogP) is 1.98. The van der Waals surface area contributed by atoms with E-state index in [2.05, 4.69) is 41.3 Å². The maximum absolute atomic E-state index is 5.90. The zero-order valence-electron chi connectivity index (χ0n) is 16.6. The van der Waals surface area contributed by atoms with Crippen molar-refractivity contribution in [1.82, 2.24) is 15.5 Å². The molecule has 6 heteroatoms. The van der Waals surface area contributed by atoms with Crippen molar-refractivity contribution in [1.29, 1.82) is 0 Å². The number of morpholine rings is 1. The van der Waals surface area contributed by atoms with Gasteiger partial charge in [0.1, 0.15) is 11.9 Å². The van der Waals surface area contributed by atoms with Crippen molar-refractivity contribution in [2.75, 3.05) is 46.4 Å². The van der Waals surface area contributed by atoms with Crippen LogP contribution in [0.15, 0.2) is 35.3 Å². The number of para-hydroxylation sites is 1. The summed E-state index contributed by atoms with van der Waals surface area (Å²) < 4.78 is 11.4. The van der Waals surface area contributed by atoms with Crippen LogP contribution >= 0.6 is 0 Å². The highest BCUT2D eigenvalue weighted by Gasteiger charge is 2.23. The summed E-state index contributed by atoms with van der Waals surface area (Å²) in [6.07, 6.45) is 0.0519. The van der Waals surface area contributed by atoms with Crippen LogP contribution in [-0.4, -0.2) is 69.4 Å². The molecular weight excluding hydrogens is 328 g/mol. The molecule has 0 bridgehead atoms. The number of aliphatic imine (C=N–C) groups is 1. The number of hydrogen-bond acceptors (Lipinski definition) is 4. The molecule has 0 aliphatic carbocycles. The third-order valence-corrected chi connectivity index (χ3v) is 4.62. The second-order valence-electron chi connectivity index (χ2n) is 7.04. The summed E-state index contributed by atoms with van der Waals surface area (Å²) in [6.45, 7) is 11.8. The average Bonchev–Trinajstić information content (AvgIpc) is 2.66. The highest BCUT2D eigenvalue weighted by Crippen LogP contribution is 2.12. The molecular formula is C20H34N4O2. The van der Waals surface area contributed by atoms with Crippen molar-refractivity contribution in [2.45, 2.75) is 32.9 Å². The molecule has 1 aliphatic rings. The zero-order chi connectivity index (χ0) is 18.8. The van der Waals surface area contributed by atoms with Gasteiger partial charge in [0, 0.05) is 32.7 Å². The van der Waals surface area contributed by atoms with Gasteiger partial charge in [-0.2, -0.15) is 0 Å². The summed E-state index contributed by atoms with van der Waals surface area (Å²) in [5, 5.41) is 6.83. The Morgan fingerprint density at radius 3 is 2.38 bits per heavy atom. The SMILES string of the molecule is CN=C(NCC(C)Oc1ccccc1)NCC(C(C)C)N1CCOCC1. The molecule has 0 spiro atoms. The van der Waals surface area contributed by atoms with Crippen LogP contribution in [0.25, 0.3) is 0 Å². The summed E-state index contributed by atoms with van der Waals surface area (Å²) in [4.78, 5) is 6.85. The van der Waals surface area contributed by atoms with E-state index < -0.39 is 0 Å². The van der Waals surface area contributed by atoms with Crippen LogP contribution in [0.4, 0.5) is 0 Å². The molecule has 1 aromatic rings.